The van der Waals surface area contributed by atoms with Crippen LogP contribution in [0, 0.1) is 34.5 Å². The van der Waals surface area contributed by atoms with Gasteiger partial charge in [-0.15, -0.1) is 0 Å². The normalized spacial score (nSPS) is 57.9. The van der Waals surface area contributed by atoms with Crippen LogP contribution in [0.25, 0.3) is 0 Å². The maximum atomic E-state index is 13.0. The third-order valence-corrected chi connectivity index (χ3v) is 11.5. The SMILES string of the molecule is CCN1C[C@]2(COC)CC[C@H](O)[C@]34C1[C@@](O)([C@@H](OC)[C@H]23)[C@@]1(O)C[C@H](OC)[C@H]2C[C@@H]4[C@@H]1[C@H]2OC(C)=O. The second kappa shape index (κ2) is 7.62. The first-order valence-electron chi connectivity index (χ1n) is 13.2. The zero-order valence-electron chi connectivity index (χ0n) is 21.5. The van der Waals surface area contributed by atoms with Gasteiger partial charge in [0.2, 0.25) is 0 Å². The standard InChI is InChI=1S/C26H41NO8/c1-6-27-11-23(12-32-3)8-7-17(29)25-15-9-14-16(33-4)10-24(30,18(15)19(14)35-13(2)28)26(31,22(25)27)21(34-5)20(23)25/h14-22,29-31H,6-12H2,1-5H3/t14-,15-,16+,17+,18-,19+,20-,21+,22?,23+,24-,25+,26+/m1/s1. The number of hydrogen-bond acceptors (Lipinski definition) is 9. The highest BCUT2D eigenvalue weighted by Gasteiger charge is 2.91. The van der Waals surface area contributed by atoms with Gasteiger partial charge in [-0.2, -0.15) is 0 Å². The number of methoxy groups -OCH3 is 3. The number of fused-ring (bicyclic) bond motifs is 2. The molecule has 0 amide bonds. The second-order valence-electron chi connectivity index (χ2n) is 12.3. The molecule has 5 aliphatic carbocycles. The summed E-state index contributed by atoms with van der Waals surface area (Å²) >= 11 is 0. The summed E-state index contributed by atoms with van der Waals surface area (Å²) in [6.07, 6.45) is -0.0360. The third kappa shape index (κ3) is 2.48. The van der Waals surface area contributed by atoms with E-state index in [1.54, 1.807) is 21.3 Å². The number of likely N-dealkylation sites (tertiary alicyclic amines) is 1. The number of esters is 1. The van der Waals surface area contributed by atoms with Crippen LogP contribution in [0.1, 0.15) is 39.5 Å². The van der Waals surface area contributed by atoms with Gasteiger partial charge in [0, 0.05) is 69.8 Å². The van der Waals surface area contributed by atoms with Crippen molar-refractivity contribution in [1.82, 2.24) is 4.90 Å². The molecule has 7 bridgehead atoms. The number of ether oxygens (including phenoxy) is 4. The third-order valence-electron chi connectivity index (χ3n) is 11.5. The van der Waals surface area contributed by atoms with Crippen molar-refractivity contribution in [3.05, 3.63) is 0 Å². The fourth-order valence-electron chi connectivity index (χ4n) is 11.0. The van der Waals surface area contributed by atoms with Gasteiger partial charge in [0.25, 0.3) is 0 Å². The van der Waals surface area contributed by atoms with Gasteiger partial charge in [0.1, 0.15) is 17.3 Å². The van der Waals surface area contributed by atoms with Crippen LogP contribution in [0.3, 0.4) is 0 Å². The Labute approximate surface area is 207 Å². The molecule has 6 fully saturated rings. The van der Waals surface area contributed by atoms with Crippen molar-refractivity contribution in [2.24, 2.45) is 34.5 Å². The molecule has 0 aromatic heterocycles. The Kier molecular flexibility index (Phi) is 5.34. The monoisotopic (exact) mass is 495 g/mol. The summed E-state index contributed by atoms with van der Waals surface area (Å²) in [4.78, 5) is 14.5. The van der Waals surface area contributed by atoms with Crippen LogP contribution >= 0.6 is 0 Å². The van der Waals surface area contributed by atoms with Gasteiger partial charge in [-0.25, -0.2) is 0 Å². The van der Waals surface area contributed by atoms with Crippen LogP contribution in [0.15, 0.2) is 0 Å². The van der Waals surface area contributed by atoms with Crippen LogP contribution in [0.5, 0.6) is 0 Å². The van der Waals surface area contributed by atoms with Gasteiger partial charge in [0.05, 0.1) is 31.0 Å². The lowest BCUT2D eigenvalue weighted by atomic mass is 9.42. The zero-order chi connectivity index (χ0) is 25.1. The molecule has 198 valence electrons. The molecule has 9 nitrogen and oxygen atoms in total. The Hall–Kier alpha value is -0.810. The number of aliphatic hydroxyl groups is 3. The van der Waals surface area contributed by atoms with E-state index >= 15 is 0 Å². The van der Waals surface area contributed by atoms with Crippen LogP contribution in [0.2, 0.25) is 0 Å². The molecule has 6 rings (SSSR count). The summed E-state index contributed by atoms with van der Waals surface area (Å²) in [7, 11) is 4.93. The molecule has 1 heterocycles. The largest absolute Gasteiger partial charge is 0.462 e. The quantitative estimate of drug-likeness (QED) is 0.444. The van der Waals surface area contributed by atoms with E-state index in [2.05, 4.69) is 11.8 Å². The molecule has 1 aliphatic heterocycles. The van der Waals surface area contributed by atoms with Crippen LogP contribution in [-0.4, -0.2) is 109 Å². The second-order valence-corrected chi connectivity index (χ2v) is 12.3. The lowest BCUT2D eigenvalue weighted by Crippen LogP contribution is -2.82. The maximum Gasteiger partial charge on any atom is 0.302 e. The number of rotatable bonds is 6. The molecule has 3 N–H and O–H groups in total. The van der Waals surface area contributed by atoms with E-state index in [0.717, 1.165) is 13.0 Å². The Morgan fingerprint density at radius 1 is 1.17 bits per heavy atom. The molecule has 35 heavy (non-hydrogen) atoms. The van der Waals surface area contributed by atoms with Gasteiger partial charge in [0.15, 0.2) is 0 Å². The van der Waals surface area contributed by atoms with Gasteiger partial charge in [-0.1, -0.05) is 6.92 Å². The van der Waals surface area contributed by atoms with E-state index < -0.39 is 52.9 Å². The van der Waals surface area contributed by atoms with E-state index in [-0.39, 0.29) is 35.7 Å². The average Bonchev–Trinajstić information content (AvgIpc) is 3.21. The average molecular weight is 496 g/mol. The minimum absolute atomic E-state index is 0.0979. The Bertz CT molecular complexity index is 903. The first-order valence-corrected chi connectivity index (χ1v) is 13.2. The Balaban J connectivity index is 1.65. The highest BCUT2D eigenvalue weighted by molar-refractivity contribution is 5.66. The smallest absolute Gasteiger partial charge is 0.302 e. The summed E-state index contributed by atoms with van der Waals surface area (Å²) < 4.78 is 23.8. The van der Waals surface area contributed by atoms with Gasteiger partial charge >= 0.3 is 5.97 Å². The summed E-state index contributed by atoms with van der Waals surface area (Å²) in [5, 5.41) is 37.7. The number of likely N-dealkylation sites (N-methyl/N-ethyl adjacent to an activating group) is 1. The number of nitrogens with zero attached hydrogens (tertiary/aromatic N) is 1. The van der Waals surface area contributed by atoms with E-state index in [0.29, 0.717) is 26.0 Å². The number of carbonyl (C=O) groups is 1. The van der Waals surface area contributed by atoms with E-state index in [1.807, 2.05) is 0 Å². The minimum Gasteiger partial charge on any atom is -0.462 e. The number of hydrogen-bond donors (Lipinski definition) is 3. The van der Waals surface area contributed by atoms with Crippen molar-refractivity contribution in [3.8, 4) is 0 Å². The Morgan fingerprint density at radius 2 is 1.91 bits per heavy atom. The fraction of sp³-hybridized carbons (Fsp3) is 0.962. The van der Waals surface area contributed by atoms with Crippen LogP contribution < -0.4 is 0 Å². The number of piperidine rings is 1. The molecule has 1 saturated heterocycles. The topological polar surface area (TPSA) is 118 Å². The molecule has 5 saturated carbocycles. The first kappa shape index (κ1) is 24.5. The molecule has 1 spiro atoms. The minimum atomic E-state index is -1.67. The van der Waals surface area contributed by atoms with Crippen molar-refractivity contribution in [3.63, 3.8) is 0 Å². The van der Waals surface area contributed by atoms with Crippen molar-refractivity contribution >= 4 is 5.97 Å². The molecule has 9 heteroatoms. The summed E-state index contributed by atoms with van der Waals surface area (Å²) in [6.45, 7) is 5.36. The summed E-state index contributed by atoms with van der Waals surface area (Å²) in [6, 6.07) is -0.478. The van der Waals surface area contributed by atoms with E-state index in [4.69, 9.17) is 18.9 Å². The zero-order valence-corrected chi connectivity index (χ0v) is 21.5. The van der Waals surface area contributed by atoms with Crippen molar-refractivity contribution < 1.29 is 39.1 Å². The van der Waals surface area contributed by atoms with Gasteiger partial charge in [-0.3, -0.25) is 9.69 Å². The van der Waals surface area contributed by atoms with Crippen LogP contribution in [0.4, 0.5) is 0 Å². The predicted molar refractivity (Wildman–Crippen MR) is 123 cm³/mol. The molecular formula is C26H41NO8. The lowest BCUT2D eigenvalue weighted by molar-refractivity contribution is -0.318. The molecular weight excluding hydrogens is 454 g/mol. The molecule has 0 aromatic carbocycles. The summed E-state index contributed by atoms with van der Waals surface area (Å²) in [5.41, 5.74) is -4.31. The van der Waals surface area contributed by atoms with E-state index in [1.165, 1.54) is 6.92 Å². The highest BCUT2D eigenvalue weighted by Crippen LogP contribution is 2.80. The van der Waals surface area contributed by atoms with Crippen molar-refractivity contribution in [2.45, 2.75) is 81.2 Å². The lowest BCUT2D eigenvalue weighted by Gasteiger charge is -2.69. The van der Waals surface area contributed by atoms with Gasteiger partial charge in [-0.05, 0) is 31.7 Å². The van der Waals surface area contributed by atoms with E-state index in [9.17, 15) is 20.1 Å². The molecule has 6 aliphatic rings. The van der Waals surface area contributed by atoms with Gasteiger partial charge < -0.3 is 34.3 Å². The summed E-state index contributed by atoms with van der Waals surface area (Å²) in [5.74, 6) is -1.35. The molecule has 0 aromatic rings. The van der Waals surface area contributed by atoms with Crippen molar-refractivity contribution in [1.29, 1.82) is 0 Å². The predicted octanol–water partition coefficient (Wildman–Crippen LogP) is 0.188. The first-order chi connectivity index (χ1) is 16.6. The van der Waals surface area contributed by atoms with Crippen molar-refractivity contribution in [2.75, 3.05) is 41.0 Å². The molecule has 1 unspecified atom stereocenters. The Morgan fingerprint density at radius 3 is 2.51 bits per heavy atom. The highest BCUT2D eigenvalue weighted by atomic mass is 16.6. The molecule has 13 atom stereocenters. The number of aliphatic hydroxyl groups excluding tert-OH is 1. The molecule has 0 radical (unpaired) electrons. The van der Waals surface area contributed by atoms with Crippen LogP contribution in [-0.2, 0) is 23.7 Å². The number of carbonyl (C=O) groups excluding carboxylic acids is 1. The maximum absolute atomic E-state index is 13.0. The fourth-order valence-corrected chi connectivity index (χ4v) is 11.0.